The predicted octanol–water partition coefficient (Wildman–Crippen LogP) is 5.82. The zero-order chi connectivity index (χ0) is 19.8. The summed E-state index contributed by atoms with van der Waals surface area (Å²) >= 11 is 13.7. The smallest absolute Gasteiger partial charge is 0.261 e. The number of hydrogen-bond acceptors (Lipinski definition) is 3. The summed E-state index contributed by atoms with van der Waals surface area (Å²) < 4.78 is 5.87. The van der Waals surface area contributed by atoms with Crippen molar-refractivity contribution in [1.29, 1.82) is 0 Å². The van der Waals surface area contributed by atoms with E-state index in [0.717, 1.165) is 28.4 Å². The molecular weight excluding hydrogens is 401 g/mol. The van der Waals surface area contributed by atoms with Crippen LogP contribution in [0.5, 0.6) is 5.75 Å². The number of amides is 1. The molecule has 2 aromatic rings. The Hall–Kier alpha value is -1.36. The van der Waals surface area contributed by atoms with Crippen LogP contribution in [-0.4, -0.2) is 24.3 Å². The van der Waals surface area contributed by atoms with Crippen molar-refractivity contribution in [2.45, 2.75) is 39.0 Å². The Kier molecular flexibility index (Phi) is 8.81. The molecule has 1 unspecified atom stereocenters. The van der Waals surface area contributed by atoms with E-state index in [2.05, 4.69) is 12.2 Å². The van der Waals surface area contributed by atoms with Gasteiger partial charge in [0.2, 0.25) is 0 Å². The molecule has 0 heterocycles. The summed E-state index contributed by atoms with van der Waals surface area (Å²) in [6.07, 6.45) is 0.141. The molecule has 0 saturated heterocycles. The second-order valence-electron chi connectivity index (χ2n) is 6.35. The molecule has 0 aliphatic heterocycles. The third kappa shape index (κ3) is 6.95. The Bertz CT molecular complexity index is 783. The van der Waals surface area contributed by atoms with E-state index in [4.69, 9.17) is 27.9 Å². The van der Waals surface area contributed by atoms with Crippen LogP contribution in [0.15, 0.2) is 36.4 Å². The third-order valence-corrected chi connectivity index (χ3v) is 5.99. The molecule has 1 amide bonds. The van der Waals surface area contributed by atoms with Gasteiger partial charge in [0.25, 0.3) is 5.91 Å². The van der Waals surface area contributed by atoms with E-state index in [9.17, 15) is 4.79 Å². The summed E-state index contributed by atoms with van der Waals surface area (Å²) in [5.74, 6) is 2.29. The van der Waals surface area contributed by atoms with Crippen molar-refractivity contribution < 1.29 is 9.53 Å². The SMILES string of the molecule is CCC(Oc1ccc(C)c(C)c1)C(=O)NCCSCc1ccc(Cl)c(Cl)c1. The molecule has 0 aliphatic carbocycles. The van der Waals surface area contributed by atoms with Crippen LogP contribution in [-0.2, 0) is 10.5 Å². The summed E-state index contributed by atoms with van der Waals surface area (Å²) in [5, 5.41) is 4.08. The van der Waals surface area contributed by atoms with Crippen molar-refractivity contribution in [3.63, 3.8) is 0 Å². The van der Waals surface area contributed by atoms with Crippen LogP contribution in [0.4, 0.5) is 0 Å². The first kappa shape index (κ1) is 21.9. The Morgan fingerprint density at radius 1 is 1.11 bits per heavy atom. The van der Waals surface area contributed by atoms with Crippen LogP contribution < -0.4 is 10.1 Å². The molecule has 1 atom stereocenters. The van der Waals surface area contributed by atoms with Crippen molar-refractivity contribution >= 4 is 40.9 Å². The molecule has 6 heteroatoms. The maximum absolute atomic E-state index is 12.4. The van der Waals surface area contributed by atoms with Gasteiger partial charge in [0.05, 0.1) is 10.0 Å². The molecule has 1 N–H and O–H groups in total. The Labute approximate surface area is 175 Å². The van der Waals surface area contributed by atoms with Crippen molar-refractivity contribution in [2.75, 3.05) is 12.3 Å². The number of ether oxygens (including phenoxy) is 1. The fourth-order valence-corrected chi connectivity index (χ4v) is 3.58. The lowest BCUT2D eigenvalue weighted by Crippen LogP contribution is -2.39. The van der Waals surface area contributed by atoms with E-state index in [1.807, 2.05) is 44.2 Å². The molecular formula is C21H25Cl2NO2S. The fraction of sp³-hybridized carbons (Fsp3) is 0.381. The molecule has 2 rings (SSSR count). The summed E-state index contributed by atoms with van der Waals surface area (Å²) in [5.41, 5.74) is 3.48. The summed E-state index contributed by atoms with van der Waals surface area (Å²) in [6, 6.07) is 11.5. The first-order valence-corrected chi connectivity index (χ1v) is 10.8. The normalized spacial score (nSPS) is 11.9. The minimum atomic E-state index is -0.479. The zero-order valence-electron chi connectivity index (χ0n) is 15.9. The quantitative estimate of drug-likeness (QED) is 0.514. The number of benzene rings is 2. The predicted molar refractivity (Wildman–Crippen MR) is 116 cm³/mol. The zero-order valence-corrected chi connectivity index (χ0v) is 18.2. The van der Waals surface area contributed by atoms with Crippen molar-refractivity contribution in [3.8, 4) is 5.75 Å². The van der Waals surface area contributed by atoms with E-state index < -0.39 is 6.10 Å². The Morgan fingerprint density at radius 2 is 1.89 bits per heavy atom. The van der Waals surface area contributed by atoms with Gasteiger partial charge >= 0.3 is 0 Å². The first-order chi connectivity index (χ1) is 12.9. The molecule has 0 fully saturated rings. The van der Waals surface area contributed by atoms with Crippen molar-refractivity contribution in [1.82, 2.24) is 5.32 Å². The second-order valence-corrected chi connectivity index (χ2v) is 8.27. The highest BCUT2D eigenvalue weighted by Gasteiger charge is 2.18. The van der Waals surface area contributed by atoms with Gasteiger partial charge in [-0.2, -0.15) is 11.8 Å². The molecule has 0 bridgehead atoms. The first-order valence-electron chi connectivity index (χ1n) is 8.94. The summed E-state index contributed by atoms with van der Waals surface area (Å²) in [7, 11) is 0. The molecule has 0 aromatic heterocycles. The van der Waals surface area contributed by atoms with E-state index in [1.54, 1.807) is 17.8 Å². The lowest BCUT2D eigenvalue weighted by atomic mass is 10.1. The number of aryl methyl sites for hydroxylation is 2. The van der Waals surface area contributed by atoms with E-state index in [0.29, 0.717) is 23.0 Å². The minimum Gasteiger partial charge on any atom is -0.481 e. The average Bonchev–Trinajstić information content (AvgIpc) is 2.65. The molecule has 2 aromatic carbocycles. The Balaban J connectivity index is 1.74. The van der Waals surface area contributed by atoms with Gasteiger partial charge < -0.3 is 10.1 Å². The van der Waals surface area contributed by atoms with E-state index in [1.165, 1.54) is 5.56 Å². The highest BCUT2D eigenvalue weighted by atomic mass is 35.5. The van der Waals surface area contributed by atoms with Gasteiger partial charge in [-0.3, -0.25) is 4.79 Å². The van der Waals surface area contributed by atoms with Crippen LogP contribution in [0.2, 0.25) is 10.0 Å². The largest absolute Gasteiger partial charge is 0.481 e. The van der Waals surface area contributed by atoms with Gasteiger partial charge in [-0.1, -0.05) is 42.3 Å². The maximum atomic E-state index is 12.4. The van der Waals surface area contributed by atoms with Gasteiger partial charge in [-0.25, -0.2) is 0 Å². The number of carbonyl (C=O) groups is 1. The highest BCUT2D eigenvalue weighted by molar-refractivity contribution is 7.98. The van der Waals surface area contributed by atoms with Crippen LogP contribution in [0.3, 0.4) is 0 Å². The van der Waals surface area contributed by atoms with Crippen molar-refractivity contribution in [3.05, 3.63) is 63.1 Å². The molecule has 3 nitrogen and oxygen atoms in total. The molecule has 0 radical (unpaired) electrons. The fourth-order valence-electron chi connectivity index (χ4n) is 2.45. The monoisotopic (exact) mass is 425 g/mol. The third-order valence-electron chi connectivity index (χ3n) is 4.22. The number of nitrogens with one attached hydrogen (secondary N) is 1. The van der Waals surface area contributed by atoms with E-state index in [-0.39, 0.29) is 5.91 Å². The van der Waals surface area contributed by atoms with Gasteiger partial charge in [0.1, 0.15) is 5.75 Å². The number of thioether (sulfide) groups is 1. The average molecular weight is 426 g/mol. The molecule has 146 valence electrons. The van der Waals surface area contributed by atoms with Crippen LogP contribution in [0, 0.1) is 13.8 Å². The Morgan fingerprint density at radius 3 is 2.56 bits per heavy atom. The standard InChI is InChI=1S/C21H25Cl2NO2S/c1-4-20(26-17-7-5-14(2)15(3)11-17)21(25)24-9-10-27-13-16-6-8-18(22)19(23)12-16/h5-8,11-12,20H,4,9-10,13H2,1-3H3,(H,24,25). The summed E-state index contributed by atoms with van der Waals surface area (Å²) in [6.45, 7) is 6.63. The van der Waals surface area contributed by atoms with Gasteiger partial charge in [-0.05, 0) is 61.2 Å². The highest BCUT2D eigenvalue weighted by Crippen LogP contribution is 2.24. The number of rotatable bonds is 9. The molecule has 0 aliphatic rings. The second kappa shape index (κ2) is 10.8. The lowest BCUT2D eigenvalue weighted by molar-refractivity contribution is -0.127. The molecule has 0 spiro atoms. The number of carbonyl (C=O) groups excluding carboxylic acids is 1. The topological polar surface area (TPSA) is 38.3 Å². The number of halogens is 2. The van der Waals surface area contributed by atoms with Crippen LogP contribution in [0.25, 0.3) is 0 Å². The number of hydrogen-bond donors (Lipinski definition) is 1. The van der Waals surface area contributed by atoms with Gasteiger partial charge in [0, 0.05) is 18.1 Å². The lowest BCUT2D eigenvalue weighted by Gasteiger charge is -2.18. The minimum absolute atomic E-state index is 0.0779. The molecule has 27 heavy (non-hydrogen) atoms. The van der Waals surface area contributed by atoms with E-state index >= 15 is 0 Å². The maximum Gasteiger partial charge on any atom is 0.261 e. The van der Waals surface area contributed by atoms with Gasteiger partial charge in [0.15, 0.2) is 6.10 Å². The molecule has 0 saturated carbocycles. The van der Waals surface area contributed by atoms with Crippen LogP contribution >= 0.6 is 35.0 Å². The van der Waals surface area contributed by atoms with Crippen LogP contribution in [0.1, 0.15) is 30.0 Å². The van der Waals surface area contributed by atoms with Crippen molar-refractivity contribution in [2.24, 2.45) is 0 Å². The summed E-state index contributed by atoms with van der Waals surface area (Å²) in [4.78, 5) is 12.4. The van der Waals surface area contributed by atoms with Gasteiger partial charge in [-0.15, -0.1) is 0 Å².